The number of hydrogen-bond acceptors (Lipinski definition) is 5. The highest BCUT2D eigenvalue weighted by atomic mass is 79.9. The second kappa shape index (κ2) is 7.16. The van der Waals surface area contributed by atoms with Crippen molar-refractivity contribution in [2.75, 3.05) is 5.32 Å². The summed E-state index contributed by atoms with van der Waals surface area (Å²) in [5.74, 6) is -1.15. The first-order valence-corrected chi connectivity index (χ1v) is 10.5. The van der Waals surface area contributed by atoms with Crippen LogP contribution in [0.2, 0.25) is 0 Å². The average molecular weight is 482 g/mol. The number of furan rings is 2. The molecular formula is C22H12BrNO5S. The number of para-hydroxylation sites is 1. The molecule has 0 radical (unpaired) electrons. The van der Waals surface area contributed by atoms with Crippen LogP contribution in [0.1, 0.15) is 20.9 Å². The molecular weight excluding hydrogens is 470 g/mol. The van der Waals surface area contributed by atoms with E-state index >= 15 is 0 Å². The molecule has 30 heavy (non-hydrogen) atoms. The van der Waals surface area contributed by atoms with E-state index in [1.54, 1.807) is 29.6 Å². The van der Waals surface area contributed by atoms with E-state index < -0.39 is 11.9 Å². The number of hydrogen-bond donors (Lipinski definition) is 2. The van der Waals surface area contributed by atoms with Gasteiger partial charge in [-0.3, -0.25) is 4.79 Å². The number of fused-ring (bicyclic) bond motifs is 2. The van der Waals surface area contributed by atoms with Gasteiger partial charge in [-0.05, 0) is 36.4 Å². The molecule has 5 rings (SSSR count). The minimum absolute atomic E-state index is 0.0254. The van der Waals surface area contributed by atoms with Gasteiger partial charge in [-0.25, -0.2) is 4.79 Å². The van der Waals surface area contributed by atoms with Crippen LogP contribution in [0, 0.1) is 0 Å². The third-order valence-corrected chi connectivity index (χ3v) is 6.09. The predicted molar refractivity (Wildman–Crippen MR) is 118 cm³/mol. The van der Waals surface area contributed by atoms with E-state index in [1.807, 2.05) is 30.3 Å². The van der Waals surface area contributed by atoms with Crippen LogP contribution >= 0.6 is 27.3 Å². The van der Waals surface area contributed by atoms with Gasteiger partial charge in [0.05, 0.1) is 10.6 Å². The molecule has 2 N–H and O–H groups in total. The number of benzene rings is 2. The highest BCUT2D eigenvalue weighted by molar-refractivity contribution is 9.10. The van der Waals surface area contributed by atoms with E-state index in [1.165, 1.54) is 11.3 Å². The standard InChI is InChI=1S/C22H12BrNO5S/c23-13-5-6-16-12(7-13)9-17(28-16)20-19(22(26)27)14(10-30-20)24-21(25)18-8-11-3-1-2-4-15(11)29-18/h1-10H,(H,24,25)(H,26,27). The molecule has 148 valence electrons. The Hall–Kier alpha value is -3.36. The second-order valence-electron chi connectivity index (χ2n) is 6.55. The van der Waals surface area contributed by atoms with Crippen molar-refractivity contribution < 1.29 is 23.5 Å². The zero-order valence-electron chi connectivity index (χ0n) is 15.1. The lowest BCUT2D eigenvalue weighted by molar-refractivity contribution is 0.0699. The summed E-state index contributed by atoms with van der Waals surface area (Å²) in [4.78, 5) is 25.1. The fourth-order valence-corrected chi connectivity index (χ4v) is 4.57. The van der Waals surface area contributed by atoms with E-state index in [4.69, 9.17) is 8.83 Å². The Labute approximate surface area is 181 Å². The molecule has 0 saturated heterocycles. The van der Waals surface area contributed by atoms with Gasteiger partial charge in [0.25, 0.3) is 5.91 Å². The summed E-state index contributed by atoms with van der Waals surface area (Å²) >= 11 is 4.60. The molecule has 0 fully saturated rings. The smallest absolute Gasteiger partial charge is 0.339 e. The summed E-state index contributed by atoms with van der Waals surface area (Å²) in [7, 11) is 0. The van der Waals surface area contributed by atoms with Crippen molar-refractivity contribution in [1.82, 2.24) is 0 Å². The van der Waals surface area contributed by atoms with Crippen LogP contribution in [0.4, 0.5) is 5.69 Å². The molecule has 3 heterocycles. The van der Waals surface area contributed by atoms with E-state index in [0.717, 1.165) is 15.2 Å². The molecule has 8 heteroatoms. The summed E-state index contributed by atoms with van der Waals surface area (Å²) in [6, 6.07) is 16.2. The van der Waals surface area contributed by atoms with Gasteiger partial charge in [0.15, 0.2) is 5.76 Å². The first kappa shape index (κ1) is 18.7. The number of carbonyl (C=O) groups excluding carboxylic acids is 1. The molecule has 0 unspecified atom stereocenters. The SMILES string of the molecule is O=C(Nc1csc(-c2cc3cc(Br)ccc3o2)c1C(=O)O)c1cc2ccccc2o1. The topological polar surface area (TPSA) is 92.7 Å². The van der Waals surface area contributed by atoms with Crippen molar-refractivity contribution in [3.05, 3.63) is 75.8 Å². The summed E-state index contributed by atoms with van der Waals surface area (Å²) in [6.07, 6.45) is 0. The first-order chi connectivity index (χ1) is 14.5. The van der Waals surface area contributed by atoms with Crippen LogP contribution < -0.4 is 5.32 Å². The van der Waals surface area contributed by atoms with E-state index in [9.17, 15) is 14.7 Å². The van der Waals surface area contributed by atoms with Gasteiger partial charge < -0.3 is 19.3 Å². The monoisotopic (exact) mass is 481 g/mol. The number of halogens is 1. The van der Waals surface area contributed by atoms with Crippen molar-refractivity contribution >= 4 is 66.8 Å². The first-order valence-electron chi connectivity index (χ1n) is 8.84. The number of carboxylic acids is 1. The summed E-state index contributed by atoms with van der Waals surface area (Å²) in [5.41, 5.74) is 1.39. The molecule has 0 atom stereocenters. The molecule has 0 aliphatic carbocycles. The Morgan fingerprint density at radius 3 is 2.57 bits per heavy atom. The van der Waals surface area contributed by atoms with Crippen molar-refractivity contribution in [3.63, 3.8) is 0 Å². The zero-order chi connectivity index (χ0) is 20.8. The molecule has 0 aliphatic rings. The number of thiophene rings is 1. The minimum atomic E-state index is -1.16. The van der Waals surface area contributed by atoms with Crippen LogP contribution in [0.25, 0.3) is 32.6 Å². The van der Waals surface area contributed by atoms with Crippen LogP contribution in [0.15, 0.2) is 73.3 Å². The number of amides is 1. The summed E-state index contributed by atoms with van der Waals surface area (Å²) < 4.78 is 12.3. The van der Waals surface area contributed by atoms with Crippen LogP contribution in [0.3, 0.4) is 0 Å². The summed E-state index contributed by atoms with van der Waals surface area (Å²) in [6.45, 7) is 0. The lowest BCUT2D eigenvalue weighted by Gasteiger charge is -2.03. The fourth-order valence-electron chi connectivity index (χ4n) is 3.25. The third-order valence-electron chi connectivity index (χ3n) is 4.60. The average Bonchev–Trinajstić information content (AvgIpc) is 3.43. The second-order valence-corrected chi connectivity index (χ2v) is 8.35. The maximum absolute atomic E-state index is 12.7. The normalized spacial score (nSPS) is 11.2. The number of rotatable bonds is 4. The quantitative estimate of drug-likeness (QED) is 0.300. The Kier molecular flexibility index (Phi) is 4.45. The van der Waals surface area contributed by atoms with Crippen molar-refractivity contribution in [2.24, 2.45) is 0 Å². The van der Waals surface area contributed by atoms with Crippen LogP contribution in [-0.2, 0) is 0 Å². The van der Waals surface area contributed by atoms with E-state index in [-0.39, 0.29) is 17.0 Å². The Balaban J connectivity index is 1.52. The predicted octanol–water partition coefficient (Wildman–Crippen LogP) is 6.62. The Morgan fingerprint density at radius 2 is 1.77 bits per heavy atom. The van der Waals surface area contributed by atoms with E-state index in [0.29, 0.717) is 21.8 Å². The lowest BCUT2D eigenvalue weighted by atomic mass is 10.1. The zero-order valence-corrected chi connectivity index (χ0v) is 17.5. The molecule has 6 nitrogen and oxygen atoms in total. The maximum atomic E-state index is 12.7. The largest absolute Gasteiger partial charge is 0.478 e. The van der Waals surface area contributed by atoms with Crippen LogP contribution in [-0.4, -0.2) is 17.0 Å². The molecule has 5 aromatic rings. The molecule has 3 aromatic heterocycles. The Bertz CT molecular complexity index is 1410. The van der Waals surface area contributed by atoms with E-state index in [2.05, 4.69) is 21.2 Å². The van der Waals surface area contributed by atoms with Gasteiger partial charge >= 0.3 is 5.97 Å². The van der Waals surface area contributed by atoms with Gasteiger partial charge in [-0.2, -0.15) is 0 Å². The van der Waals surface area contributed by atoms with Gasteiger partial charge in [-0.1, -0.05) is 34.1 Å². The molecule has 2 aromatic carbocycles. The van der Waals surface area contributed by atoms with Gasteiger partial charge in [0, 0.05) is 20.6 Å². The summed E-state index contributed by atoms with van der Waals surface area (Å²) in [5, 5.41) is 15.7. The molecule has 0 bridgehead atoms. The Morgan fingerprint density at radius 1 is 0.967 bits per heavy atom. The fraction of sp³-hybridized carbons (Fsp3) is 0. The number of carboxylic acid groups (broad SMARTS) is 1. The highest BCUT2D eigenvalue weighted by Gasteiger charge is 2.24. The lowest BCUT2D eigenvalue weighted by Crippen LogP contribution is -2.13. The van der Waals surface area contributed by atoms with Crippen molar-refractivity contribution in [3.8, 4) is 10.6 Å². The van der Waals surface area contributed by atoms with Crippen LogP contribution in [0.5, 0.6) is 0 Å². The number of carbonyl (C=O) groups is 2. The minimum Gasteiger partial charge on any atom is -0.478 e. The molecule has 0 aliphatic heterocycles. The number of aromatic carboxylic acids is 1. The molecule has 1 amide bonds. The van der Waals surface area contributed by atoms with Gasteiger partial charge in [0.2, 0.25) is 0 Å². The van der Waals surface area contributed by atoms with Crippen molar-refractivity contribution in [1.29, 1.82) is 0 Å². The van der Waals surface area contributed by atoms with Gasteiger partial charge in [0.1, 0.15) is 22.5 Å². The molecule has 0 spiro atoms. The van der Waals surface area contributed by atoms with Crippen molar-refractivity contribution in [2.45, 2.75) is 0 Å². The maximum Gasteiger partial charge on any atom is 0.339 e. The highest BCUT2D eigenvalue weighted by Crippen LogP contribution is 2.39. The van der Waals surface area contributed by atoms with Gasteiger partial charge in [-0.15, -0.1) is 11.3 Å². The third kappa shape index (κ3) is 3.20. The number of anilines is 1. The molecule has 0 saturated carbocycles. The number of nitrogens with one attached hydrogen (secondary N) is 1.